The van der Waals surface area contributed by atoms with Crippen LogP contribution in [0.25, 0.3) is 0 Å². The van der Waals surface area contributed by atoms with Crippen LogP contribution in [0.2, 0.25) is 0 Å². The highest BCUT2D eigenvalue weighted by molar-refractivity contribution is 7.13. The summed E-state index contributed by atoms with van der Waals surface area (Å²) in [6.45, 7) is 8.64. The van der Waals surface area contributed by atoms with Gasteiger partial charge in [-0.2, -0.15) is 0 Å². The summed E-state index contributed by atoms with van der Waals surface area (Å²) in [5.41, 5.74) is -0.0393. The minimum atomic E-state index is -0.138. The Kier molecular flexibility index (Phi) is 3.21. The van der Waals surface area contributed by atoms with E-state index in [-0.39, 0.29) is 11.3 Å². The molecule has 14 heavy (non-hydrogen) atoms. The molecule has 1 aromatic rings. The smallest absolute Gasteiger partial charge is 0.282 e. The number of aromatic nitrogens is 2. The summed E-state index contributed by atoms with van der Waals surface area (Å²) >= 11 is 1.35. The van der Waals surface area contributed by atoms with Crippen molar-refractivity contribution in [3.63, 3.8) is 0 Å². The summed E-state index contributed by atoms with van der Waals surface area (Å²) in [6, 6.07) is 0. The van der Waals surface area contributed by atoms with E-state index in [1.807, 2.05) is 6.92 Å². The highest BCUT2D eigenvalue weighted by Gasteiger charge is 2.21. The fourth-order valence-electron chi connectivity index (χ4n) is 0.854. The summed E-state index contributed by atoms with van der Waals surface area (Å²) in [7, 11) is 0. The molecule has 1 N–H and O–H groups in total. The van der Waals surface area contributed by atoms with Gasteiger partial charge in [-0.05, 0) is 6.92 Å². The average molecular weight is 213 g/mol. The van der Waals surface area contributed by atoms with Crippen LogP contribution in [0, 0.1) is 0 Å². The first kappa shape index (κ1) is 11.1. The van der Waals surface area contributed by atoms with Crippen molar-refractivity contribution in [3.8, 4) is 0 Å². The van der Waals surface area contributed by atoms with Crippen LogP contribution in [0.3, 0.4) is 0 Å². The summed E-state index contributed by atoms with van der Waals surface area (Å²) in [5.74, 6) is -0.138. The standard InChI is InChI=1S/C9H15N3OS/c1-5-10-6(13)7-11-12-8(14-7)9(2,3)4/h5H2,1-4H3,(H,10,13). The molecular weight excluding hydrogens is 198 g/mol. The molecule has 0 aliphatic carbocycles. The maximum atomic E-state index is 11.4. The predicted molar refractivity (Wildman–Crippen MR) is 56.6 cm³/mol. The van der Waals surface area contributed by atoms with Crippen LogP contribution >= 0.6 is 11.3 Å². The molecule has 0 atom stereocenters. The largest absolute Gasteiger partial charge is 0.350 e. The lowest BCUT2D eigenvalue weighted by atomic mass is 9.98. The first-order chi connectivity index (χ1) is 6.45. The zero-order chi connectivity index (χ0) is 10.8. The molecule has 1 rings (SSSR count). The fraction of sp³-hybridized carbons (Fsp3) is 0.667. The quantitative estimate of drug-likeness (QED) is 0.811. The van der Waals surface area contributed by atoms with E-state index in [2.05, 4.69) is 36.3 Å². The maximum Gasteiger partial charge on any atom is 0.282 e. The maximum absolute atomic E-state index is 11.4. The number of amides is 1. The SMILES string of the molecule is CCNC(=O)c1nnc(C(C)(C)C)s1. The van der Waals surface area contributed by atoms with Crippen LogP contribution in [-0.4, -0.2) is 22.6 Å². The number of nitrogens with one attached hydrogen (secondary N) is 1. The Hall–Kier alpha value is -0.970. The van der Waals surface area contributed by atoms with Crippen molar-refractivity contribution in [2.24, 2.45) is 0 Å². The number of carbonyl (C=O) groups excluding carboxylic acids is 1. The lowest BCUT2D eigenvalue weighted by Gasteiger charge is -2.12. The van der Waals surface area contributed by atoms with Gasteiger partial charge in [0.1, 0.15) is 5.01 Å². The lowest BCUT2D eigenvalue weighted by molar-refractivity contribution is 0.0954. The van der Waals surface area contributed by atoms with E-state index in [0.29, 0.717) is 11.6 Å². The molecule has 0 radical (unpaired) electrons. The highest BCUT2D eigenvalue weighted by Crippen LogP contribution is 2.25. The molecule has 0 aromatic carbocycles. The Balaban J connectivity index is 2.83. The van der Waals surface area contributed by atoms with E-state index in [0.717, 1.165) is 5.01 Å². The molecule has 0 bridgehead atoms. The molecule has 0 unspecified atom stereocenters. The Bertz CT molecular complexity index is 327. The predicted octanol–water partition coefficient (Wildman–Crippen LogP) is 1.59. The topological polar surface area (TPSA) is 54.9 Å². The Morgan fingerprint density at radius 2 is 2.07 bits per heavy atom. The molecule has 1 amide bonds. The summed E-state index contributed by atoms with van der Waals surface area (Å²) in [4.78, 5) is 11.4. The molecule has 0 spiro atoms. The van der Waals surface area contributed by atoms with Crippen molar-refractivity contribution in [2.45, 2.75) is 33.1 Å². The first-order valence-corrected chi connectivity index (χ1v) is 5.39. The van der Waals surface area contributed by atoms with Crippen molar-refractivity contribution < 1.29 is 4.79 Å². The summed E-state index contributed by atoms with van der Waals surface area (Å²) in [5, 5.41) is 11.9. The molecule has 4 nitrogen and oxygen atoms in total. The molecule has 5 heteroatoms. The Morgan fingerprint density at radius 1 is 1.43 bits per heavy atom. The van der Waals surface area contributed by atoms with Crippen LogP contribution < -0.4 is 5.32 Å². The van der Waals surface area contributed by atoms with Gasteiger partial charge in [0.05, 0.1) is 0 Å². The molecule has 0 saturated carbocycles. The molecular formula is C9H15N3OS. The van der Waals surface area contributed by atoms with Gasteiger partial charge in [0, 0.05) is 12.0 Å². The van der Waals surface area contributed by atoms with E-state index in [9.17, 15) is 4.79 Å². The van der Waals surface area contributed by atoms with Crippen molar-refractivity contribution in [1.29, 1.82) is 0 Å². The zero-order valence-electron chi connectivity index (χ0n) is 8.92. The van der Waals surface area contributed by atoms with Crippen molar-refractivity contribution in [1.82, 2.24) is 15.5 Å². The van der Waals surface area contributed by atoms with Crippen molar-refractivity contribution >= 4 is 17.2 Å². The number of hydrogen-bond acceptors (Lipinski definition) is 4. The van der Waals surface area contributed by atoms with E-state index >= 15 is 0 Å². The Labute approximate surface area is 87.7 Å². The van der Waals surface area contributed by atoms with Gasteiger partial charge in [-0.3, -0.25) is 4.79 Å². The fourth-order valence-corrected chi connectivity index (χ4v) is 1.67. The van der Waals surface area contributed by atoms with Gasteiger partial charge in [-0.25, -0.2) is 0 Å². The molecule has 0 aliphatic rings. The molecule has 0 aliphatic heterocycles. The third-order valence-corrected chi connectivity index (χ3v) is 2.95. The summed E-state index contributed by atoms with van der Waals surface area (Å²) in [6.07, 6.45) is 0. The second kappa shape index (κ2) is 4.04. The van der Waals surface area contributed by atoms with Crippen molar-refractivity contribution in [3.05, 3.63) is 10.0 Å². The average Bonchev–Trinajstić information content (AvgIpc) is 2.51. The lowest BCUT2D eigenvalue weighted by Crippen LogP contribution is -2.22. The Morgan fingerprint density at radius 3 is 2.50 bits per heavy atom. The third kappa shape index (κ3) is 2.51. The van der Waals surface area contributed by atoms with Crippen molar-refractivity contribution in [2.75, 3.05) is 6.54 Å². The van der Waals surface area contributed by atoms with Gasteiger partial charge >= 0.3 is 0 Å². The number of nitrogens with zero attached hydrogens (tertiary/aromatic N) is 2. The monoisotopic (exact) mass is 213 g/mol. The van der Waals surface area contributed by atoms with Gasteiger partial charge in [0.2, 0.25) is 5.01 Å². The molecule has 0 saturated heterocycles. The van der Waals surface area contributed by atoms with E-state index in [1.165, 1.54) is 11.3 Å². The molecule has 1 heterocycles. The number of rotatable bonds is 2. The minimum Gasteiger partial charge on any atom is -0.350 e. The van der Waals surface area contributed by atoms with Gasteiger partial charge in [0.15, 0.2) is 0 Å². The second-order valence-corrected chi connectivity index (χ2v) is 5.00. The van der Waals surface area contributed by atoms with E-state index < -0.39 is 0 Å². The van der Waals surface area contributed by atoms with Crippen LogP contribution in [-0.2, 0) is 5.41 Å². The summed E-state index contributed by atoms with van der Waals surface area (Å²) < 4.78 is 0. The molecule has 78 valence electrons. The normalized spacial score (nSPS) is 11.4. The van der Waals surface area contributed by atoms with Crippen LogP contribution in [0.4, 0.5) is 0 Å². The van der Waals surface area contributed by atoms with E-state index in [1.54, 1.807) is 0 Å². The van der Waals surface area contributed by atoms with Gasteiger partial charge in [-0.15, -0.1) is 10.2 Å². The van der Waals surface area contributed by atoms with E-state index in [4.69, 9.17) is 0 Å². The molecule has 1 aromatic heterocycles. The molecule has 0 fully saturated rings. The minimum absolute atomic E-state index is 0.0393. The number of carbonyl (C=O) groups is 1. The van der Waals surface area contributed by atoms with Gasteiger partial charge < -0.3 is 5.32 Å². The van der Waals surface area contributed by atoms with Gasteiger partial charge in [0.25, 0.3) is 5.91 Å². The zero-order valence-corrected chi connectivity index (χ0v) is 9.73. The first-order valence-electron chi connectivity index (χ1n) is 4.57. The second-order valence-electron chi connectivity index (χ2n) is 4.02. The van der Waals surface area contributed by atoms with Crippen LogP contribution in [0.15, 0.2) is 0 Å². The highest BCUT2D eigenvalue weighted by atomic mass is 32.1. The van der Waals surface area contributed by atoms with Crippen LogP contribution in [0.1, 0.15) is 42.5 Å². The van der Waals surface area contributed by atoms with Crippen LogP contribution in [0.5, 0.6) is 0 Å². The van der Waals surface area contributed by atoms with Gasteiger partial charge in [-0.1, -0.05) is 32.1 Å². The third-order valence-electron chi connectivity index (χ3n) is 1.60. The number of hydrogen-bond donors (Lipinski definition) is 1.